The molecule has 24 heavy (non-hydrogen) atoms. The summed E-state index contributed by atoms with van der Waals surface area (Å²) in [6.45, 7) is 5.27. The van der Waals surface area contributed by atoms with E-state index in [0.717, 1.165) is 0 Å². The van der Waals surface area contributed by atoms with E-state index >= 15 is 0 Å². The minimum atomic E-state index is -0.614. The fourth-order valence-electron chi connectivity index (χ4n) is 2.27. The zero-order valence-electron chi connectivity index (χ0n) is 14.1. The molecular weight excluding hydrogens is 304 g/mol. The van der Waals surface area contributed by atoms with Gasteiger partial charge in [0.05, 0.1) is 12.1 Å². The molecule has 2 N–H and O–H groups in total. The first kappa shape index (κ1) is 17.7. The lowest BCUT2D eigenvalue weighted by atomic mass is 10.1. The Balaban J connectivity index is 2.30. The molecule has 0 saturated heterocycles. The molecule has 0 aliphatic carbocycles. The number of carbonyl (C=O) groups is 2. The molecule has 5 nitrogen and oxygen atoms in total. The van der Waals surface area contributed by atoms with Crippen LogP contribution >= 0.6 is 0 Å². The molecule has 0 spiro atoms. The normalized spacial score (nSPS) is 11.0. The van der Waals surface area contributed by atoms with Crippen LogP contribution in [0, 0.1) is 0 Å². The summed E-state index contributed by atoms with van der Waals surface area (Å²) in [5.74, 6) is -0.725. The number of hydrazine groups is 1. The van der Waals surface area contributed by atoms with Gasteiger partial charge in [0, 0.05) is 11.1 Å². The second-order valence-corrected chi connectivity index (χ2v) is 6.43. The van der Waals surface area contributed by atoms with E-state index < -0.39 is 11.4 Å². The van der Waals surface area contributed by atoms with Gasteiger partial charge in [0.2, 0.25) is 0 Å². The van der Waals surface area contributed by atoms with E-state index in [1.54, 1.807) is 48.5 Å². The van der Waals surface area contributed by atoms with Crippen molar-refractivity contribution in [1.82, 2.24) is 10.4 Å². The van der Waals surface area contributed by atoms with Gasteiger partial charge in [-0.2, -0.15) is 0 Å². The zero-order chi connectivity index (χ0) is 17.7. The number of benzene rings is 2. The summed E-state index contributed by atoms with van der Waals surface area (Å²) >= 11 is 0. The first-order valence-electron chi connectivity index (χ1n) is 7.74. The van der Waals surface area contributed by atoms with Crippen LogP contribution in [0.15, 0.2) is 54.6 Å². The average molecular weight is 326 g/mol. The molecule has 0 bridgehead atoms. The molecule has 0 atom stereocenters. The van der Waals surface area contributed by atoms with Crippen LogP contribution in [0.4, 0.5) is 0 Å². The molecule has 5 heteroatoms. The summed E-state index contributed by atoms with van der Waals surface area (Å²) in [5, 5.41) is 10.7. The molecule has 0 fully saturated rings. The minimum Gasteiger partial charge on any atom is -0.392 e. The Morgan fingerprint density at radius 3 is 2.17 bits per heavy atom. The van der Waals surface area contributed by atoms with E-state index in [1.165, 1.54) is 5.01 Å². The van der Waals surface area contributed by atoms with Crippen molar-refractivity contribution in [3.63, 3.8) is 0 Å². The fourth-order valence-corrected chi connectivity index (χ4v) is 2.27. The van der Waals surface area contributed by atoms with Crippen LogP contribution in [0.2, 0.25) is 0 Å². The van der Waals surface area contributed by atoms with E-state index in [2.05, 4.69) is 5.43 Å². The molecule has 0 aromatic heterocycles. The fraction of sp³-hybridized carbons (Fsp3) is 0.263. The predicted molar refractivity (Wildman–Crippen MR) is 92.2 cm³/mol. The Morgan fingerprint density at radius 1 is 1.00 bits per heavy atom. The number of nitrogens with zero attached hydrogens (tertiary/aromatic N) is 1. The van der Waals surface area contributed by atoms with Crippen molar-refractivity contribution < 1.29 is 14.7 Å². The highest BCUT2D eigenvalue weighted by atomic mass is 16.3. The number of rotatable bonds is 3. The topological polar surface area (TPSA) is 69.6 Å². The first-order chi connectivity index (χ1) is 11.3. The summed E-state index contributed by atoms with van der Waals surface area (Å²) in [6, 6.07) is 15.5. The highest BCUT2D eigenvalue weighted by Crippen LogP contribution is 2.16. The van der Waals surface area contributed by atoms with Gasteiger partial charge in [-0.25, -0.2) is 5.01 Å². The molecule has 2 aromatic rings. The highest BCUT2D eigenvalue weighted by molar-refractivity contribution is 6.00. The third-order valence-corrected chi connectivity index (χ3v) is 3.54. The quantitative estimate of drug-likeness (QED) is 0.852. The Bertz CT molecular complexity index is 721. The van der Waals surface area contributed by atoms with Gasteiger partial charge in [-0.05, 0) is 44.5 Å². The van der Waals surface area contributed by atoms with Crippen LogP contribution < -0.4 is 5.43 Å². The standard InChI is InChI=1S/C19H22N2O3/c1-19(2,3)21(18(24)14-9-5-4-6-10-14)20-17(23)16-12-8-7-11-15(16)13-22/h4-12,22H,13H2,1-3H3,(H,20,23). The summed E-state index contributed by atoms with van der Waals surface area (Å²) < 4.78 is 0. The maximum atomic E-state index is 12.8. The molecule has 2 aromatic carbocycles. The third-order valence-electron chi connectivity index (χ3n) is 3.54. The molecule has 0 aliphatic rings. The number of hydrogen-bond donors (Lipinski definition) is 2. The van der Waals surface area contributed by atoms with Crippen LogP contribution in [-0.4, -0.2) is 27.5 Å². The number of hydrogen-bond acceptors (Lipinski definition) is 3. The number of aliphatic hydroxyl groups excluding tert-OH is 1. The molecule has 2 amide bonds. The van der Waals surface area contributed by atoms with Gasteiger partial charge in [-0.15, -0.1) is 0 Å². The molecule has 0 radical (unpaired) electrons. The van der Waals surface area contributed by atoms with Gasteiger partial charge in [-0.3, -0.25) is 15.0 Å². The van der Waals surface area contributed by atoms with Crippen molar-refractivity contribution >= 4 is 11.8 Å². The average Bonchev–Trinajstić information content (AvgIpc) is 2.58. The molecule has 0 unspecified atom stereocenters. The van der Waals surface area contributed by atoms with E-state index in [0.29, 0.717) is 16.7 Å². The molecule has 0 saturated carbocycles. The maximum Gasteiger partial charge on any atom is 0.272 e. The largest absolute Gasteiger partial charge is 0.392 e. The van der Waals surface area contributed by atoms with Crippen LogP contribution in [-0.2, 0) is 6.61 Å². The maximum absolute atomic E-state index is 12.8. The first-order valence-corrected chi connectivity index (χ1v) is 7.74. The van der Waals surface area contributed by atoms with Crippen LogP contribution in [0.25, 0.3) is 0 Å². The van der Waals surface area contributed by atoms with Crippen molar-refractivity contribution in [3.8, 4) is 0 Å². The van der Waals surface area contributed by atoms with Gasteiger partial charge in [0.1, 0.15) is 0 Å². The second-order valence-electron chi connectivity index (χ2n) is 6.43. The number of amides is 2. The van der Waals surface area contributed by atoms with Gasteiger partial charge in [0.15, 0.2) is 0 Å². The van der Waals surface area contributed by atoms with E-state index in [-0.39, 0.29) is 12.5 Å². The lowest BCUT2D eigenvalue weighted by Gasteiger charge is -2.35. The van der Waals surface area contributed by atoms with E-state index in [9.17, 15) is 14.7 Å². The van der Waals surface area contributed by atoms with Crippen LogP contribution in [0.1, 0.15) is 47.1 Å². The van der Waals surface area contributed by atoms with E-state index in [4.69, 9.17) is 0 Å². The lowest BCUT2D eigenvalue weighted by Crippen LogP contribution is -2.56. The second kappa shape index (κ2) is 7.27. The summed E-state index contributed by atoms with van der Waals surface area (Å²) in [5.41, 5.74) is 3.41. The molecule has 0 heterocycles. The SMILES string of the molecule is CC(C)(C)N(NC(=O)c1ccccc1CO)C(=O)c1ccccc1. The molecule has 126 valence electrons. The number of carbonyl (C=O) groups excluding carboxylic acids is 2. The summed E-state index contributed by atoms with van der Waals surface area (Å²) in [7, 11) is 0. The van der Waals surface area contributed by atoms with Gasteiger partial charge < -0.3 is 5.11 Å². The zero-order valence-corrected chi connectivity index (χ0v) is 14.1. The van der Waals surface area contributed by atoms with Crippen molar-refractivity contribution in [3.05, 3.63) is 71.3 Å². The highest BCUT2D eigenvalue weighted by Gasteiger charge is 2.29. The van der Waals surface area contributed by atoms with Gasteiger partial charge in [0.25, 0.3) is 11.8 Å². The lowest BCUT2D eigenvalue weighted by molar-refractivity contribution is 0.0358. The van der Waals surface area contributed by atoms with Gasteiger partial charge in [-0.1, -0.05) is 36.4 Å². The smallest absolute Gasteiger partial charge is 0.272 e. The number of aliphatic hydroxyl groups is 1. The van der Waals surface area contributed by atoms with Crippen LogP contribution in [0.3, 0.4) is 0 Å². The minimum absolute atomic E-state index is 0.244. The van der Waals surface area contributed by atoms with Crippen LogP contribution in [0.5, 0.6) is 0 Å². The third kappa shape index (κ3) is 4.00. The summed E-state index contributed by atoms with van der Waals surface area (Å²) in [4.78, 5) is 25.4. The molecule has 0 aliphatic heterocycles. The van der Waals surface area contributed by atoms with Crippen molar-refractivity contribution in [1.29, 1.82) is 0 Å². The molecular formula is C19H22N2O3. The van der Waals surface area contributed by atoms with Crippen molar-refractivity contribution in [2.75, 3.05) is 0 Å². The Labute approximate surface area is 141 Å². The molecule has 2 rings (SSSR count). The number of nitrogens with one attached hydrogen (secondary N) is 1. The van der Waals surface area contributed by atoms with Crippen molar-refractivity contribution in [2.45, 2.75) is 32.9 Å². The monoisotopic (exact) mass is 326 g/mol. The Morgan fingerprint density at radius 2 is 1.58 bits per heavy atom. The Hall–Kier alpha value is -2.66. The predicted octanol–water partition coefficient (Wildman–Crippen LogP) is 2.76. The summed E-state index contributed by atoms with van der Waals surface area (Å²) in [6.07, 6.45) is 0. The van der Waals surface area contributed by atoms with Crippen molar-refractivity contribution in [2.24, 2.45) is 0 Å². The van der Waals surface area contributed by atoms with Gasteiger partial charge >= 0.3 is 0 Å². The van der Waals surface area contributed by atoms with E-state index in [1.807, 2.05) is 26.8 Å². The Kier molecular flexibility index (Phi) is 5.36.